The van der Waals surface area contributed by atoms with E-state index in [0.29, 0.717) is 5.69 Å². The van der Waals surface area contributed by atoms with Crippen LogP contribution in [0.3, 0.4) is 0 Å². The molecule has 0 aliphatic heterocycles. The Kier molecular flexibility index (Phi) is 3.41. The van der Waals surface area contributed by atoms with Gasteiger partial charge in [-0.1, -0.05) is 5.21 Å². The zero-order chi connectivity index (χ0) is 13.3. The summed E-state index contributed by atoms with van der Waals surface area (Å²) in [6.45, 7) is 3.34. The molecule has 0 saturated heterocycles. The van der Waals surface area contributed by atoms with Gasteiger partial charge in [0.15, 0.2) is 0 Å². The lowest BCUT2D eigenvalue weighted by Crippen LogP contribution is -2.15. The SMILES string of the molecule is COc1ccc(Br)c(-n2cc(C(C)(C)O)nn2)c1. The molecular formula is C12H14BrN3O2. The summed E-state index contributed by atoms with van der Waals surface area (Å²) in [5.41, 5.74) is 0.304. The highest BCUT2D eigenvalue weighted by Crippen LogP contribution is 2.26. The molecule has 1 N–H and O–H groups in total. The van der Waals surface area contributed by atoms with Crippen molar-refractivity contribution in [3.8, 4) is 11.4 Å². The number of nitrogens with zero attached hydrogens (tertiary/aromatic N) is 3. The molecule has 2 aromatic rings. The molecule has 0 aliphatic carbocycles. The first-order valence-electron chi connectivity index (χ1n) is 5.41. The Labute approximate surface area is 114 Å². The van der Waals surface area contributed by atoms with Crippen LogP contribution in [0.4, 0.5) is 0 Å². The van der Waals surface area contributed by atoms with Crippen molar-refractivity contribution >= 4 is 15.9 Å². The van der Waals surface area contributed by atoms with E-state index in [1.165, 1.54) is 0 Å². The summed E-state index contributed by atoms with van der Waals surface area (Å²) in [6.07, 6.45) is 1.69. The summed E-state index contributed by atoms with van der Waals surface area (Å²) in [4.78, 5) is 0. The van der Waals surface area contributed by atoms with E-state index in [4.69, 9.17) is 4.74 Å². The zero-order valence-electron chi connectivity index (χ0n) is 10.4. The minimum Gasteiger partial charge on any atom is -0.497 e. The molecule has 6 heteroatoms. The van der Waals surface area contributed by atoms with Crippen molar-refractivity contribution in [1.29, 1.82) is 0 Å². The average Bonchev–Trinajstić information content (AvgIpc) is 2.78. The number of rotatable bonds is 3. The Bertz CT molecular complexity index is 561. The first kappa shape index (κ1) is 13.0. The summed E-state index contributed by atoms with van der Waals surface area (Å²) < 4.78 is 7.64. The third-order valence-corrected chi connectivity index (χ3v) is 3.19. The van der Waals surface area contributed by atoms with Crippen LogP contribution in [0.15, 0.2) is 28.9 Å². The minimum atomic E-state index is -1.01. The number of ether oxygens (including phenoxy) is 1. The Morgan fingerprint density at radius 1 is 1.39 bits per heavy atom. The van der Waals surface area contributed by atoms with Crippen molar-refractivity contribution < 1.29 is 9.84 Å². The molecule has 2 rings (SSSR count). The van der Waals surface area contributed by atoms with E-state index in [2.05, 4.69) is 26.2 Å². The Balaban J connectivity index is 2.45. The van der Waals surface area contributed by atoms with Crippen molar-refractivity contribution in [2.75, 3.05) is 7.11 Å². The molecule has 0 radical (unpaired) electrons. The van der Waals surface area contributed by atoms with Gasteiger partial charge in [-0.2, -0.15) is 0 Å². The van der Waals surface area contributed by atoms with Crippen LogP contribution in [0.1, 0.15) is 19.5 Å². The number of aliphatic hydroxyl groups is 1. The summed E-state index contributed by atoms with van der Waals surface area (Å²) in [6, 6.07) is 5.56. The summed E-state index contributed by atoms with van der Waals surface area (Å²) >= 11 is 3.45. The van der Waals surface area contributed by atoms with E-state index in [-0.39, 0.29) is 0 Å². The minimum absolute atomic E-state index is 0.511. The van der Waals surface area contributed by atoms with Gasteiger partial charge in [0.25, 0.3) is 0 Å². The van der Waals surface area contributed by atoms with Crippen LogP contribution in [-0.4, -0.2) is 27.2 Å². The molecule has 18 heavy (non-hydrogen) atoms. The van der Waals surface area contributed by atoms with E-state index in [1.54, 1.807) is 31.8 Å². The third kappa shape index (κ3) is 2.54. The average molecular weight is 312 g/mol. The van der Waals surface area contributed by atoms with Gasteiger partial charge in [0, 0.05) is 10.5 Å². The van der Waals surface area contributed by atoms with Crippen LogP contribution in [-0.2, 0) is 5.60 Å². The first-order valence-corrected chi connectivity index (χ1v) is 6.20. The summed E-state index contributed by atoms with van der Waals surface area (Å²) in [5.74, 6) is 0.730. The van der Waals surface area contributed by atoms with E-state index in [0.717, 1.165) is 15.9 Å². The van der Waals surface area contributed by atoms with Gasteiger partial charge < -0.3 is 9.84 Å². The number of methoxy groups -OCH3 is 1. The predicted molar refractivity (Wildman–Crippen MR) is 70.9 cm³/mol. The lowest BCUT2D eigenvalue weighted by atomic mass is 10.1. The molecule has 0 amide bonds. The maximum Gasteiger partial charge on any atom is 0.121 e. The quantitative estimate of drug-likeness (QED) is 0.944. The largest absolute Gasteiger partial charge is 0.497 e. The fraction of sp³-hybridized carbons (Fsp3) is 0.333. The van der Waals surface area contributed by atoms with Crippen LogP contribution >= 0.6 is 15.9 Å². The Hall–Kier alpha value is -1.40. The second-order valence-electron chi connectivity index (χ2n) is 4.42. The molecule has 1 aromatic carbocycles. The highest BCUT2D eigenvalue weighted by atomic mass is 79.9. The van der Waals surface area contributed by atoms with Gasteiger partial charge in [-0.05, 0) is 41.9 Å². The van der Waals surface area contributed by atoms with Crippen molar-refractivity contribution in [3.05, 3.63) is 34.6 Å². The number of benzene rings is 1. The van der Waals surface area contributed by atoms with Gasteiger partial charge in [0.1, 0.15) is 17.0 Å². The number of hydrogen-bond acceptors (Lipinski definition) is 4. The monoisotopic (exact) mass is 311 g/mol. The van der Waals surface area contributed by atoms with Crippen LogP contribution in [0, 0.1) is 0 Å². The van der Waals surface area contributed by atoms with Gasteiger partial charge in [0.05, 0.1) is 19.0 Å². The normalized spacial score (nSPS) is 11.6. The van der Waals surface area contributed by atoms with Gasteiger partial charge in [-0.25, -0.2) is 4.68 Å². The van der Waals surface area contributed by atoms with Crippen LogP contribution < -0.4 is 4.74 Å². The van der Waals surface area contributed by atoms with Crippen molar-refractivity contribution in [3.63, 3.8) is 0 Å². The standard InChI is InChI=1S/C12H14BrN3O2/c1-12(2,17)11-7-16(15-14-11)10-6-8(18-3)4-5-9(10)13/h4-7,17H,1-3H3. The topological polar surface area (TPSA) is 60.2 Å². The Morgan fingerprint density at radius 2 is 2.11 bits per heavy atom. The molecular weight excluding hydrogens is 298 g/mol. The predicted octanol–water partition coefficient (Wildman–Crippen LogP) is 2.27. The number of hydrogen-bond donors (Lipinski definition) is 1. The Morgan fingerprint density at radius 3 is 2.67 bits per heavy atom. The second-order valence-corrected chi connectivity index (χ2v) is 5.28. The third-order valence-electron chi connectivity index (χ3n) is 2.52. The molecule has 96 valence electrons. The molecule has 0 fully saturated rings. The number of halogens is 1. The highest BCUT2D eigenvalue weighted by Gasteiger charge is 2.20. The molecule has 0 aliphatic rings. The maximum atomic E-state index is 9.87. The molecule has 5 nitrogen and oxygen atoms in total. The molecule has 0 saturated carbocycles. The fourth-order valence-electron chi connectivity index (χ4n) is 1.46. The van der Waals surface area contributed by atoms with Crippen molar-refractivity contribution in [2.24, 2.45) is 0 Å². The highest BCUT2D eigenvalue weighted by molar-refractivity contribution is 9.10. The van der Waals surface area contributed by atoms with E-state index in [1.807, 2.05) is 18.2 Å². The van der Waals surface area contributed by atoms with Gasteiger partial charge >= 0.3 is 0 Å². The molecule has 0 atom stereocenters. The fourth-order valence-corrected chi connectivity index (χ4v) is 1.89. The maximum absolute atomic E-state index is 9.87. The molecule has 1 heterocycles. The van der Waals surface area contributed by atoms with Gasteiger partial charge in [-0.15, -0.1) is 5.10 Å². The van der Waals surface area contributed by atoms with Crippen LogP contribution in [0.25, 0.3) is 5.69 Å². The van der Waals surface area contributed by atoms with Gasteiger partial charge in [0.2, 0.25) is 0 Å². The molecule has 0 unspecified atom stereocenters. The lowest BCUT2D eigenvalue weighted by molar-refractivity contribution is 0.0737. The summed E-state index contributed by atoms with van der Waals surface area (Å²) in [5, 5.41) is 17.8. The van der Waals surface area contributed by atoms with E-state index >= 15 is 0 Å². The zero-order valence-corrected chi connectivity index (χ0v) is 12.0. The first-order chi connectivity index (χ1) is 8.41. The smallest absolute Gasteiger partial charge is 0.121 e. The van der Waals surface area contributed by atoms with E-state index in [9.17, 15) is 5.11 Å². The summed E-state index contributed by atoms with van der Waals surface area (Å²) in [7, 11) is 1.61. The van der Waals surface area contributed by atoms with Crippen LogP contribution in [0.2, 0.25) is 0 Å². The van der Waals surface area contributed by atoms with Gasteiger partial charge in [-0.3, -0.25) is 0 Å². The number of aromatic nitrogens is 3. The second kappa shape index (κ2) is 4.70. The lowest BCUT2D eigenvalue weighted by Gasteiger charge is -2.12. The van der Waals surface area contributed by atoms with Crippen molar-refractivity contribution in [1.82, 2.24) is 15.0 Å². The van der Waals surface area contributed by atoms with E-state index < -0.39 is 5.60 Å². The molecule has 1 aromatic heterocycles. The molecule has 0 bridgehead atoms. The van der Waals surface area contributed by atoms with Crippen molar-refractivity contribution in [2.45, 2.75) is 19.4 Å². The van der Waals surface area contributed by atoms with Crippen LogP contribution in [0.5, 0.6) is 5.75 Å². The molecule has 0 spiro atoms.